The predicted molar refractivity (Wildman–Crippen MR) is 116 cm³/mol. The van der Waals surface area contributed by atoms with E-state index in [1.165, 1.54) is 6.07 Å². The summed E-state index contributed by atoms with van der Waals surface area (Å²) in [5.41, 5.74) is 1.21. The minimum absolute atomic E-state index is 0.0170. The van der Waals surface area contributed by atoms with Crippen LogP contribution in [0.3, 0.4) is 0 Å². The minimum Gasteiger partial charge on any atom is -0.343 e. The molecule has 0 N–H and O–H groups in total. The SMILES string of the molecule is CC(C)(C(=O)N1CC(CCN2CCCC2=O)c2ccccc21)c1cccc(Cl)c1F. The molecule has 158 valence electrons. The smallest absolute Gasteiger partial charge is 0.237 e. The first kappa shape index (κ1) is 20.9. The van der Waals surface area contributed by atoms with Crippen LogP contribution in [0.25, 0.3) is 0 Å². The van der Waals surface area contributed by atoms with Gasteiger partial charge < -0.3 is 9.80 Å². The number of benzene rings is 2. The highest BCUT2D eigenvalue weighted by atomic mass is 35.5. The molecule has 0 radical (unpaired) electrons. The van der Waals surface area contributed by atoms with Gasteiger partial charge in [0.1, 0.15) is 5.82 Å². The number of likely N-dealkylation sites (tertiary alicyclic amines) is 1. The van der Waals surface area contributed by atoms with Crippen LogP contribution in [0.15, 0.2) is 42.5 Å². The van der Waals surface area contributed by atoms with Gasteiger partial charge in [0.05, 0.1) is 10.4 Å². The zero-order valence-corrected chi connectivity index (χ0v) is 18.1. The van der Waals surface area contributed by atoms with Crippen LogP contribution >= 0.6 is 11.6 Å². The number of rotatable bonds is 5. The molecule has 1 atom stereocenters. The highest BCUT2D eigenvalue weighted by molar-refractivity contribution is 6.30. The lowest BCUT2D eigenvalue weighted by Crippen LogP contribution is -2.43. The van der Waals surface area contributed by atoms with Crippen molar-refractivity contribution in [3.63, 3.8) is 0 Å². The van der Waals surface area contributed by atoms with E-state index < -0.39 is 11.2 Å². The number of halogens is 2. The maximum Gasteiger partial charge on any atom is 0.237 e. The van der Waals surface area contributed by atoms with E-state index in [1.807, 2.05) is 29.2 Å². The number of para-hydroxylation sites is 1. The molecule has 4 nitrogen and oxygen atoms in total. The summed E-state index contributed by atoms with van der Waals surface area (Å²) in [6.07, 6.45) is 2.35. The second-order valence-electron chi connectivity index (χ2n) is 8.67. The number of fused-ring (bicyclic) bond motifs is 1. The van der Waals surface area contributed by atoms with E-state index in [4.69, 9.17) is 11.6 Å². The van der Waals surface area contributed by atoms with Crippen LogP contribution in [0.1, 0.15) is 50.2 Å². The van der Waals surface area contributed by atoms with Crippen LogP contribution in [-0.4, -0.2) is 36.3 Å². The summed E-state index contributed by atoms with van der Waals surface area (Å²) in [6.45, 7) is 5.53. The van der Waals surface area contributed by atoms with Gasteiger partial charge in [-0.2, -0.15) is 0 Å². The topological polar surface area (TPSA) is 40.6 Å². The van der Waals surface area contributed by atoms with Crippen LogP contribution in [0.4, 0.5) is 10.1 Å². The molecule has 6 heteroatoms. The highest BCUT2D eigenvalue weighted by Gasteiger charge is 2.41. The molecule has 0 aromatic heterocycles. The van der Waals surface area contributed by atoms with Crippen molar-refractivity contribution < 1.29 is 14.0 Å². The summed E-state index contributed by atoms with van der Waals surface area (Å²) in [4.78, 5) is 29.2. The van der Waals surface area contributed by atoms with Gasteiger partial charge in [0.15, 0.2) is 0 Å². The van der Waals surface area contributed by atoms with Gasteiger partial charge in [-0.15, -0.1) is 0 Å². The van der Waals surface area contributed by atoms with Gasteiger partial charge >= 0.3 is 0 Å². The predicted octanol–water partition coefficient (Wildman–Crippen LogP) is 4.90. The Balaban J connectivity index is 1.59. The molecule has 1 fully saturated rings. The van der Waals surface area contributed by atoms with Crippen LogP contribution in [0, 0.1) is 5.82 Å². The van der Waals surface area contributed by atoms with Crippen LogP contribution in [-0.2, 0) is 15.0 Å². The normalized spacial score (nSPS) is 18.8. The quantitative estimate of drug-likeness (QED) is 0.679. The van der Waals surface area contributed by atoms with Gasteiger partial charge in [-0.05, 0) is 44.4 Å². The molecule has 0 bridgehead atoms. The lowest BCUT2D eigenvalue weighted by molar-refractivity contribution is -0.128. The number of nitrogens with zero attached hydrogens (tertiary/aromatic N) is 2. The van der Waals surface area contributed by atoms with Crippen molar-refractivity contribution in [3.8, 4) is 0 Å². The molecule has 2 aliphatic heterocycles. The molecule has 1 unspecified atom stereocenters. The summed E-state index contributed by atoms with van der Waals surface area (Å²) < 4.78 is 14.7. The average Bonchev–Trinajstić information content (AvgIpc) is 3.31. The fourth-order valence-corrected chi connectivity index (χ4v) is 4.80. The number of amides is 2. The third kappa shape index (κ3) is 3.60. The zero-order valence-electron chi connectivity index (χ0n) is 17.3. The van der Waals surface area contributed by atoms with Crippen molar-refractivity contribution in [3.05, 3.63) is 64.4 Å². The summed E-state index contributed by atoms with van der Waals surface area (Å²) >= 11 is 5.97. The van der Waals surface area contributed by atoms with Crippen molar-refractivity contribution in [2.75, 3.05) is 24.5 Å². The first-order valence-corrected chi connectivity index (χ1v) is 10.8. The standard InChI is InChI=1S/C24H26ClFN2O2/c1-24(2,18-8-5-9-19(25)22(18)26)23(30)28-15-16(17-7-3-4-10-20(17)28)12-14-27-13-6-11-21(27)29/h3-5,7-10,16H,6,11-15H2,1-2H3. The molecule has 30 heavy (non-hydrogen) atoms. The second-order valence-corrected chi connectivity index (χ2v) is 9.08. The maximum atomic E-state index is 14.7. The van der Waals surface area contributed by atoms with E-state index in [9.17, 15) is 14.0 Å². The molecule has 2 amide bonds. The van der Waals surface area contributed by atoms with Gasteiger partial charge in [-0.25, -0.2) is 4.39 Å². The minimum atomic E-state index is -1.07. The van der Waals surface area contributed by atoms with Crippen molar-refractivity contribution in [1.82, 2.24) is 4.90 Å². The Morgan fingerprint density at radius 1 is 1.20 bits per heavy atom. The number of carbonyl (C=O) groups is 2. The van der Waals surface area contributed by atoms with Crippen LogP contribution in [0.5, 0.6) is 0 Å². The summed E-state index contributed by atoms with van der Waals surface area (Å²) in [5, 5.41) is 0.0170. The third-order valence-electron chi connectivity index (χ3n) is 6.39. The van der Waals surface area contributed by atoms with Crippen molar-refractivity contribution in [2.24, 2.45) is 0 Å². The third-order valence-corrected chi connectivity index (χ3v) is 6.69. The number of anilines is 1. The van der Waals surface area contributed by atoms with Crippen LogP contribution in [0.2, 0.25) is 5.02 Å². The first-order chi connectivity index (χ1) is 14.3. The fourth-order valence-electron chi connectivity index (χ4n) is 4.63. The largest absolute Gasteiger partial charge is 0.343 e. The molecule has 1 saturated heterocycles. The fraction of sp³-hybridized carbons (Fsp3) is 0.417. The Labute approximate surface area is 181 Å². The second kappa shape index (κ2) is 8.03. The van der Waals surface area contributed by atoms with Gasteiger partial charge in [0.2, 0.25) is 11.8 Å². The van der Waals surface area contributed by atoms with Crippen molar-refractivity contribution in [1.29, 1.82) is 0 Å². The summed E-state index contributed by atoms with van der Waals surface area (Å²) in [6, 6.07) is 12.7. The Morgan fingerprint density at radius 3 is 2.70 bits per heavy atom. The number of hydrogen-bond acceptors (Lipinski definition) is 2. The van der Waals surface area contributed by atoms with Crippen molar-refractivity contribution >= 4 is 29.1 Å². The van der Waals surface area contributed by atoms with Gasteiger partial charge in [0.25, 0.3) is 0 Å². The van der Waals surface area contributed by atoms with Crippen LogP contribution < -0.4 is 4.90 Å². The Hall–Kier alpha value is -2.40. The summed E-state index contributed by atoms with van der Waals surface area (Å²) in [7, 11) is 0. The summed E-state index contributed by atoms with van der Waals surface area (Å²) in [5.74, 6) is -0.338. The number of carbonyl (C=O) groups excluding carboxylic acids is 2. The van der Waals surface area contributed by atoms with E-state index >= 15 is 0 Å². The molecule has 2 aliphatic rings. The maximum absolute atomic E-state index is 14.7. The Bertz CT molecular complexity index is 991. The van der Waals surface area contributed by atoms with E-state index in [-0.39, 0.29) is 22.8 Å². The van der Waals surface area contributed by atoms with E-state index in [0.717, 1.165) is 30.6 Å². The molecule has 2 aromatic carbocycles. The van der Waals surface area contributed by atoms with Crippen molar-refractivity contribution in [2.45, 2.75) is 44.4 Å². The molecule has 4 rings (SSSR count). The van der Waals surface area contributed by atoms with E-state index in [2.05, 4.69) is 0 Å². The lowest BCUT2D eigenvalue weighted by Gasteiger charge is -2.31. The average molecular weight is 429 g/mol. The monoisotopic (exact) mass is 428 g/mol. The molecule has 0 saturated carbocycles. The number of hydrogen-bond donors (Lipinski definition) is 0. The van der Waals surface area contributed by atoms with Gasteiger partial charge in [0, 0.05) is 43.2 Å². The Morgan fingerprint density at radius 2 is 1.97 bits per heavy atom. The molecular formula is C24H26ClFN2O2. The molecule has 0 aliphatic carbocycles. The highest BCUT2D eigenvalue weighted by Crippen LogP contribution is 2.41. The van der Waals surface area contributed by atoms with E-state index in [0.29, 0.717) is 25.1 Å². The molecule has 2 heterocycles. The van der Waals surface area contributed by atoms with E-state index in [1.54, 1.807) is 30.9 Å². The molecule has 2 aromatic rings. The van der Waals surface area contributed by atoms with Gasteiger partial charge in [-0.1, -0.05) is 41.9 Å². The molecule has 0 spiro atoms. The Kier molecular flexibility index (Phi) is 5.58. The van der Waals surface area contributed by atoms with Gasteiger partial charge in [-0.3, -0.25) is 9.59 Å². The molecular weight excluding hydrogens is 403 g/mol. The lowest BCUT2D eigenvalue weighted by atomic mass is 9.82. The zero-order chi connectivity index (χ0) is 21.5. The first-order valence-electron chi connectivity index (χ1n) is 10.4.